The number of imidazole rings is 1. The van der Waals surface area contributed by atoms with Crippen LogP contribution in [-0.2, 0) is 30.3 Å². The summed E-state index contributed by atoms with van der Waals surface area (Å²) >= 11 is 0. The number of nitrogens with two attached hydrogens (primary N) is 1. The van der Waals surface area contributed by atoms with E-state index in [0.717, 1.165) is 20.2 Å². The van der Waals surface area contributed by atoms with E-state index in [1.54, 1.807) is 0 Å². The van der Waals surface area contributed by atoms with Gasteiger partial charge >= 0.3 is 29.7 Å². The topological polar surface area (TPSA) is 141 Å². The maximum atomic E-state index is 13.8. The zero-order valence-corrected chi connectivity index (χ0v) is 17.1. The van der Waals surface area contributed by atoms with Crippen LogP contribution in [0.5, 0.6) is 0 Å². The lowest BCUT2D eigenvalue weighted by atomic mass is 10.1. The van der Waals surface area contributed by atoms with Crippen molar-refractivity contribution in [3.63, 3.8) is 0 Å². The van der Waals surface area contributed by atoms with Crippen LogP contribution in [0.25, 0.3) is 11.2 Å². The smallest absolute Gasteiger partial charge is 0.455 e. The van der Waals surface area contributed by atoms with Crippen molar-refractivity contribution in [2.24, 2.45) is 0 Å². The highest BCUT2D eigenvalue weighted by Gasteiger charge is 2.58. The molecule has 1 fully saturated rings. The Bertz CT molecular complexity index is 1130. The number of aromatic nitrogens is 4. The van der Waals surface area contributed by atoms with Crippen LogP contribution in [0.15, 0.2) is 11.0 Å². The van der Waals surface area contributed by atoms with Gasteiger partial charge in [-0.3, -0.25) is 14.2 Å². The van der Waals surface area contributed by atoms with Crippen molar-refractivity contribution >= 4 is 29.1 Å². The van der Waals surface area contributed by atoms with Crippen LogP contribution in [0.1, 0.15) is 26.0 Å². The van der Waals surface area contributed by atoms with Crippen LogP contribution in [-0.4, -0.2) is 62.5 Å². The summed E-state index contributed by atoms with van der Waals surface area (Å²) in [6.07, 6.45) is -9.16. The third-order valence-corrected chi connectivity index (χ3v) is 4.84. The number of fused-ring (bicyclic) bond motifs is 1. The number of ether oxygens (including phenoxy) is 3. The lowest BCUT2D eigenvalue weighted by Gasteiger charge is -2.20. The fraction of sp³-hybridized carbons (Fsp3) is 0.588. The predicted octanol–water partition coefficient (Wildman–Crippen LogP) is 1.16. The zero-order valence-electron chi connectivity index (χ0n) is 17.1. The van der Waals surface area contributed by atoms with Gasteiger partial charge in [0.2, 0.25) is 5.95 Å². The van der Waals surface area contributed by atoms with E-state index in [0.29, 0.717) is 4.57 Å². The lowest BCUT2D eigenvalue weighted by Crippen LogP contribution is -2.43. The Labute approximate surface area is 181 Å². The molecule has 182 valence electrons. The third-order valence-electron chi connectivity index (χ3n) is 4.84. The molecule has 0 aromatic carbocycles. The highest BCUT2D eigenvalue weighted by molar-refractivity contribution is 5.72. The second-order valence-electron chi connectivity index (χ2n) is 7.19. The maximum Gasteiger partial charge on any atom is 0.455 e. The molecule has 1 aliphatic heterocycles. The molecule has 0 unspecified atom stereocenters. The fourth-order valence-electron chi connectivity index (χ4n) is 3.40. The number of carbonyl (C=O) groups excluding carboxylic acids is 2. The highest BCUT2D eigenvalue weighted by atomic mass is 19.4. The van der Waals surface area contributed by atoms with Crippen molar-refractivity contribution in [3.05, 3.63) is 16.7 Å². The Morgan fingerprint density at radius 1 is 1.30 bits per heavy atom. The van der Waals surface area contributed by atoms with E-state index in [1.165, 1.54) is 0 Å². The van der Waals surface area contributed by atoms with Crippen molar-refractivity contribution in [2.75, 3.05) is 12.8 Å². The average Bonchev–Trinajstić information content (AvgIpc) is 3.17. The molecule has 3 heterocycles. The first-order valence-corrected chi connectivity index (χ1v) is 9.32. The number of anilines is 1. The quantitative estimate of drug-likeness (QED) is 0.473. The molecule has 0 aliphatic carbocycles. The molecule has 0 amide bonds. The van der Waals surface area contributed by atoms with Gasteiger partial charge in [-0.15, -0.1) is 0 Å². The molecule has 3 rings (SSSR count). The number of halogens is 5. The monoisotopic (exact) mass is 483 g/mol. The van der Waals surface area contributed by atoms with Gasteiger partial charge in [-0.1, -0.05) is 0 Å². The second-order valence-corrected chi connectivity index (χ2v) is 7.19. The molecule has 1 aliphatic rings. The first kappa shape index (κ1) is 24.3. The Balaban J connectivity index is 2.13. The fourth-order valence-corrected chi connectivity index (χ4v) is 3.40. The van der Waals surface area contributed by atoms with Crippen LogP contribution in [0.2, 0.25) is 0 Å². The lowest BCUT2D eigenvalue weighted by molar-refractivity contribution is -0.286. The van der Waals surface area contributed by atoms with E-state index in [1.807, 2.05) is 0 Å². The van der Waals surface area contributed by atoms with E-state index in [-0.39, 0.29) is 17.4 Å². The molecule has 2 aromatic rings. The standard InChI is InChI=1S/C17H18F5N5O6/c1-7(28)32-10-3-8(4-11(29)31-2)33-13(10)27-12-9(5-24-14(23)25-12)26(15(27)30)6-16(18,19)17(20,21)22/h5,8,10,13H,3-4,6H2,1-2H3,(H2,23,24,25)/t8-,10+,13+/m0/s1. The van der Waals surface area contributed by atoms with Gasteiger partial charge < -0.3 is 19.9 Å². The summed E-state index contributed by atoms with van der Waals surface area (Å²) in [6.45, 7) is -1.01. The Morgan fingerprint density at radius 3 is 2.55 bits per heavy atom. The third kappa shape index (κ3) is 4.74. The zero-order chi connectivity index (χ0) is 24.7. The number of methoxy groups -OCH3 is 1. The largest absolute Gasteiger partial charge is 0.469 e. The van der Waals surface area contributed by atoms with E-state index in [9.17, 15) is 36.3 Å². The number of nitrogen functional groups attached to an aromatic ring is 1. The first-order chi connectivity index (χ1) is 15.2. The summed E-state index contributed by atoms with van der Waals surface area (Å²) in [5.41, 5.74) is 3.23. The van der Waals surface area contributed by atoms with Gasteiger partial charge in [-0.2, -0.15) is 26.9 Å². The molecule has 2 aromatic heterocycles. The summed E-state index contributed by atoms with van der Waals surface area (Å²) in [5, 5.41) is 0. The molecule has 0 bridgehead atoms. The second kappa shape index (κ2) is 8.57. The van der Waals surface area contributed by atoms with Crippen molar-refractivity contribution in [1.29, 1.82) is 0 Å². The summed E-state index contributed by atoms with van der Waals surface area (Å²) in [5.74, 6) is -7.16. The molecular formula is C17H18F5N5O6. The summed E-state index contributed by atoms with van der Waals surface area (Å²) < 4.78 is 82.0. The number of alkyl halides is 5. The molecule has 0 radical (unpaired) electrons. The van der Waals surface area contributed by atoms with E-state index >= 15 is 0 Å². The molecule has 2 N–H and O–H groups in total. The van der Waals surface area contributed by atoms with Crippen molar-refractivity contribution in [2.45, 2.75) is 56.8 Å². The van der Waals surface area contributed by atoms with Crippen molar-refractivity contribution < 1.29 is 45.8 Å². The van der Waals surface area contributed by atoms with Crippen LogP contribution < -0.4 is 11.4 Å². The first-order valence-electron chi connectivity index (χ1n) is 9.32. The van der Waals surface area contributed by atoms with Gasteiger partial charge in [-0.25, -0.2) is 14.3 Å². The minimum atomic E-state index is -5.94. The van der Waals surface area contributed by atoms with Crippen LogP contribution in [0.3, 0.4) is 0 Å². The minimum Gasteiger partial charge on any atom is -0.469 e. The normalized spacial score (nSPS) is 21.4. The number of esters is 2. The van der Waals surface area contributed by atoms with E-state index in [2.05, 4.69) is 14.7 Å². The van der Waals surface area contributed by atoms with Gasteiger partial charge in [0.1, 0.15) is 18.2 Å². The average molecular weight is 483 g/mol. The Hall–Kier alpha value is -3.30. The number of rotatable bonds is 6. The summed E-state index contributed by atoms with van der Waals surface area (Å²) in [7, 11) is 1.12. The Morgan fingerprint density at radius 2 is 1.97 bits per heavy atom. The van der Waals surface area contributed by atoms with Crippen LogP contribution >= 0.6 is 0 Å². The highest BCUT2D eigenvalue weighted by Crippen LogP contribution is 2.38. The van der Waals surface area contributed by atoms with Crippen LogP contribution in [0, 0.1) is 0 Å². The van der Waals surface area contributed by atoms with Gasteiger partial charge in [0.25, 0.3) is 0 Å². The molecule has 1 saturated heterocycles. The number of hydrogen-bond donors (Lipinski definition) is 1. The van der Waals surface area contributed by atoms with Gasteiger partial charge in [-0.05, 0) is 0 Å². The molecular weight excluding hydrogens is 465 g/mol. The van der Waals surface area contributed by atoms with Gasteiger partial charge in [0.15, 0.2) is 11.9 Å². The SMILES string of the molecule is COC(=O)C[C@@H]1C[C@@H](OC(C)=O)[C@H](n2c(=O)n(CC(F)(F)C(F)(F)F)c3cnc(N)nc32)O1. The molecule has 11 nitrogen and oxygen atoms in total. The summed E-state index contributed by atoms with van der Waals surface area (Å²) in [6, 6.07) is 0. The van der Waals surface area contributed by atoms with Gasteiger partial charge in [0.05, 0.1) is 25.8 Å². The maximum absolute atomic E-state index is 13.8. The van der Waals surface area contributed by atoms with Gasteiger partial charge in [0, 0.05) is 13.3 Å². The molecule has 3 atom stereocenters. The number of nitrogens with zero attached hydrogens (tertiary/aromatic N) is 4. The molecule has 16 heteroatoms. The minimum absolute atomic E-state index is 0.0995. The number of hydrogen-bond acceptors (Lipinski definition) is 9. The predicted molar refractivity (Wildman–Crippen MR) is 97.9 cm³/mol. The van der Waals surface area contributed by atoms with E-state index in [4.69, 9.17) is 15.2 Å². The van der Waals surface area contributed by atoms with Crippen molar-refractivity contribution in [3.8, 4) is 0 Å². The summed E-state index contributed by atoms with van der Waals surface area (Å²) in [4.78, 5) is 43.5. The molecule has 0 saturated carbocycles. The molecule has 0 spiro atoms. The van der Waals surface area contributed by atoms with Crippen LogP contribution in [0.4, 0.5) is 27.9 Å². The molecule has 33 heavy (non-hydrogen) atoms. The number of carbonyl (C=O) groups is 2. The van der Waals surface area contributed by atoms with Crippen molar-refractivity contribution in [1.82, 2.24) is 19.1 Å². The Kier molecular flexibility index (Phi) is 6.32. The van der Waals surface area contributed by atoms with E-state index < -0.39 is 71.8 Å².